The fourth-order valence-corrected chi connectivity index (χ4v) is 1.56. The molecule has 90 valence electrons. The minimum Gasteiger partial charge on any atom is -0.494 e. The molecule has 0 heterocycles. The molecule has 0 saturated heterocycles. The summed E-state index contributed by atoms with van der Waals surface area (Å²) in [6.07, 6.45) is 0. The van der Waals surface area contributed by atoms with Gasteiger partial charge in [-0.15, -0.1) is 0 Å². The first kappa shape index (κ1) is 13.0. The standard InChI is InChI=1S/C12H20N2O2/c1-3-16-12-5-4-9(8-15-2)6-10(12)11(14)7-13/h4-6,11H,3,7-8,13-14H2,1-2H3/t11-/m1/s1. The van der Waals surface area contributed by atoms with Crippen molar-refractivity contribution in [1.29, 1.82) is 0 Å². The lowest BCUT2D eigenvalue weighted by Crippen LogP contribution is -2.21. The summed E-state index contributed by atoms with van der Waals surface area (Å²) in [7, 11) is 1.67. The highest BCUT2D eigenvalue weighted by Gasteiger charge is 2.11. The van der Waals surface area contributed by atoms with Crippen LogP contribution in [0.2, 0.25) is 0 Å². The van der Waals surface area contributed by atoms with E-state index in [1.165, 1.54) is 0 Å². The average molecular weight is 224 g/mol. The van der Waals surface area contributed by atoms with Gasteiger partial charge in [-0.2, -0.15) is 0 Å². The van der Waals surface area contributed by atoms with Gasteiger partial charge in [-0.3, -0.25) is 0 Å². The van der Waals surface area contributed by atoms with Crippen molar-refractivity contribution < 1.29 is 9.47 Å². The third kappa shape index (κ3) is 3.20. The van der Waals surface area contributed by atoms with E-state index in [-0.39, 0.29) is 6.04 Å². The summed E-state index contributed by atoms with van der Waals surface area (Å²) in [5, 5.41) is 0. The quantitative estimate of drug-likeness (QED) is 0.761. The van der Waals surface area contributed by atoms with Gasteiger partial charge in [-0.1, -0.05) is 6.07 Å². The van der Waals surface area contributed by atoms with Crippen LogP contribution in [0.15, 0.2) is 18.2 Å². The normalized spacial score (nSPS) is 12.5. The van der Waals surface area contributed by atoms with E-state index in [0.717, 1.165) is 16.9 Å². The Labute approximate surface area is 96.5 Å². The van der Waals surface area contributed by atoms with Crippen LogP contribution in [0.4, 0.5) is 0 Å². The molecule has 0 spiro atoms. The maximum atomic E-state index is 5.94. The number of nitrogens with two attached hydrogens (primary N) is 2. The summed E-state index contributed by atoms with van der Waals surface area (Å²) in [5.41, 5.74) is 13.5. The Balaban J connectivity index is 3.00. The molecule has 4 heteroatoms. The van der Waals surface area contributed by atoms with Gasteiger partial charge in [-0.25, -0.2) is 0 Å². The van der Waals surface area contributed by atoms with E-state index in [0.29, 0.717) is 19.8 Å². The first-order valence-electron chi connectivity index (χ1n) is 5.43. The number of rotatable bonds is 6. The van der Waals surface area contributed by atoms with Crippen molar-refractivity contribution in [3.05, 3.63) is 29.3 Å². The van der Waals surface area contributed by atoms with Crippen molar-refractivity contribution in [3.63, 3.8) is 0 Å². The highest BCUT2D eigenvalue weighted by molar-refractivity contribution is 5.39. The van der Waals surface area contributed by atoms with Crippen molar-refractivity contribution in [3.8, 4) is 5.75 Å². The fourth-order valence-electron chi connectivity index (χ4n) is 1.56. The Kier molecular flexibility index (Phi) is 5.25. The molecule has 0 radical (unpaired) electrons. The molecular formula is C12H20N2O2. The Bertz CT molecular complexity index is 329. The van der Waals surface area contributed by atoms with Gasteiger partial charge in [0.05, 0.1) is 13.2 Å². The number of benzene rings is 1. The third-order valence-electron chi connectivity index (χ3n) is 2.34. The lowest BCUT2D eigenvalue weighted by atomic mass is 10.0. The summed E-state index contributed by atoms with van der Waals surface area (Å²) in [5.74, 6) is 0.806. The number of hydrogen-bond acceptors (Lipinski definition) is 4. The first-order chi connectivity index (χ1) is 7.72. The predicted octanol–water partition coefficient (Wildman–Crippen LogP) is 1.19. The van der Waals surface area contributed by atoms with Crippen molar-refractivity contribution >= 4 is 0 Å². The second-order valence-corrected chi connectivity index (χ2v) is 3.58. The second kappa shape index (κ2) is 6.48. The minimum absolute atomic E-state index is 0.196. The van der Waals surface area contributed by atoms with E-state index in [2.05, 4.69) is 0 Å². The SMILES string of the molecule is CCOc1ccc(COC)cc1[C@H](N)CN. The summed E-state index contributed by atoms with van der Waals surface area (Å²) in [4.78, 5) is 0. The lowest BCUT2D eigenvalue weighted by Gasteiger charge is -2.16. The van der Waals surface area contributed by atoms with Crippen molar-refractivity contribution in [2.45, 2.75) is 19.6 Å². The van der Waals surface area contributed by atoms with Gasteiger partial charge in [-0.05, 0) is 24.6 Å². The topological polar surface area (TPSA) is 70.5 Å². The fraction of sp³-hybridized carbons (Fsp3) is 0.500. The summed E-state index contributed by atoms with van der Waals surface area (Å²) >= 11 is 0. The zero-order chi connectivity index (χ0) is 12.0. The maximum Gasteiger partial charge on any atom is 0.124 e. The molecule has 0 aromatic heterocycles. The molecule has 0 aliphatic carbocycles. The van der Waals surface area contributed by atoms with E-state index in [1.54, 1.807) is 7.11 Å². The highest BCUT2D eigenvalue weighted by Crippen LogP contribution is 2.25. The molecule has 1 aromatic carbocycles. The Morgan fingerprint density at radius 3 is 2.69 bits per heavy atom. The third-order valence-corrected chi connectivity index (χ3v) is 2.34. The van der Waals surface area contributed by atoms with Crippen molar-refractivity contribution in [2.75, 3.05) is 20.3 Å². The van der Waals surface area contributed by atoms with Gasteiger partial charge in [0.15, 0.2) is 0 Å². The van der Waals surface area contributed by atoms with Crippen LogP contribution in [0.1, 0.15) is 24.1 Å². The average Bonchev–Trinajstić information content (AvgIpc) is 2.31. The predicted molar refractivity (Wildman–Crippen MR) is 64.3 cm³/mol. The van der Waals surface area contributed by atoms with Gasteiger partial charge in [0.2, 0.25) is 0 Å². The molecule has 0 fully saturated rings. The molecule has 0 unspecified atom stereocenters. The lowest BCUT2D eigenvalue weighted by molar-refractivity contribution is 0.184. The molecule has 16 heavy (non-hydrogen) atoms. The van der Waals surface area contributed by atoms with Crippen molar-refractivity contribution in [2.24, 2.45) is 11.5 Å². The van der Waals surface area contributed by atoms with E-state index >= 15 is 0 Å². The Morgan fingerprint density at radius 2 is 2.12 bits per heavy atom. The largest absolute Gasteiger partial charge is 0.494 e. The molecule has 1 aromatic rings. The van der Waals surface area contributed by atoms with Crippen LogP contribution in [0.5, 0.6) is 5.75 Å². The zero-order valence-corrected chi connectivity index (χ0v) is 9.90. The van der Waals surface area contributed by atoms with E-state index in [4.69, 9.17) is 20.9 Å². The molecule has 1 atom stereocenters. The Hall–Kier alpha value is -1.10. The maximum absolute atomic E-state index is 5.94. The van der Waals surface area contributed by atoms with Crippen LogP contribution < -0.4 is 16.2 Å². The first-order valence-corrected chi connectivity index (χ1v) is 5.43. The van der Waals surface area contributed by atoms with Crippen LogP contribution in [-0.2, 0) is 11.3 Å². The highest BCUT2D eigenvalue weighted by atomic mass is 16.5. The number of hydrogen-bond donors (Lipinski definition) is 2. The molecule has 0 bridgehead atoms. The van der Waals surface area contributed by atoms with E-state index in [1.807, 2.05) is 25.1 Å². The van der Waals surface area contributed by atoms with Crippen LogP contribution in [0.25, 0.3) is 0 Å². The molecule has 0 aliphatic heterocycles. The molecule has 4 N–H and O–H groups in total. The Morgan fingerprint density at radius 1 is 1.38 bits per heavy atom. The van der Waals surface area contributed by atoms with Crippen LogP contribution in [-0.4, -0.2) is 20.3 Å². The van der Waals surface area contributed by atoms with Crippen LogP contribution in [0.3, 0.4) is 0 Å². The van der Waals surface area contributed by atoms with Gasteiger partial charge < -0.3 is 20.9 Å². The molecule has 0 saturated carbocycles. The second-order valence-electron chi connectivity index (χ2n) is 3.58. The number of methoxy groups -OCH3 is 1. The summed E-state index contributed by atoms with van der Waals surface area (Å²) in [6, 6.07) is 5.69. The van der Waals surface area contributed by atoms with Crippen LogP contribution >= 0.6 is 0 Å². The summed E-state index contributed by atoms with van der Waals surface area (Å²) in [6.45, 7) is 3.53. The van der Waals surface area contributed by atoms with E-state index < -0.39 is 0 Å². The molecule has 1 rings (SSSR count). The van der Waals surface area contributed by atoms with Gasteiger partial charge in [0.25, 0.3) is 0 Å². The molecular weight excluding hydrogens is 204 g/mol. The van der Waals surface area contributed by atoms with Crippen molar-refractivity contribution in [1.82, 2.24) is 0 Å². The minimum atomic E-state index is -0.196. The van der Waals surface area contributed by atoms with Gasteiger partial charge in [0, 0.05) is 25.3 Å². The molecule has 4 nitrogen and oxygen atoms in total. The number of ether oxygens (including phenoxy) is 2. The molecule has 0 aliphatic rings. The van der Waals surface area contributed by atoms with Crippen LogP contribution in [0, 0.1) is 0 Å². The van der Waals surface area contributed by atoms with E-state index in [9.17, 15) is 0 Å². The molecule has 0 amide bonds. The summed E-state index contributed by atoms with van der Waals surface area (Å²) < 4.78 is 10.6. The van der Waals surface area contributed by atoms with Gasteiger partial charge >= 0.3 is 0 Å². The zero-order valence-electron chi connectivity index (χ0n) is 9.90. The van der Waals surface area contributed by atoms with Gasteiger partial charge in [0.1, 0.15) is 5.75 Å². The smallest absolute Gasteiger partial charge is 0.124 e. The monoisotopic (exact) mass is 224 g/mol.